The van der Waals surface area contributed by atoms with E-state index in [-0.39, 0.29) is 30.6 Å². The van der Waals surface area contributed by atoms with E-state index in [4.69, 9.17) is 4.74 Å². The Morgan fingerprint density at radius 3 is 2.55 bits per heavy atom. The average molecular weight is 349 g/mol. The Balaban J connectivity index is 0.00000121. The van der Waals surface area contributed by atoms with Gasteiger partial charge in [-0.3, -0.25) is 4.90 Å². The molecule has 4 nitrogen and oxygen atoms in total. The molecule has 0 bridgehead atoms. The quantitative estimate of drug-likeness (QED) is 0.858. The maximum absolute atomic E-state index is 9.65. The van der Waals surface area contributed by atoms with Gasteiger partial charge in [0.1, 0.15) is 11.5 Å². The number of hydrogen-bond donors (Lipinski definition) is 2. The zero-order chi connectivity index (χ0) is 13.9. The van der Waals surface area contributed by atoms with Gasteiger partial charge < -0.3 is 15.2 Å². The first-order valence-corrected chi connectivity index (χ1v) is 7.59. The molecule has 0 spiro atoms. The molecule has 1 saturated heterocycles. The van der Waals surface area contributed by atoms with Crippen LogP contribution < -0.4 is 10.1 Å². The Hall–Kier alpha value is -0.680. The molecule has 1 aliphatic heterocycles. The molecular weight excluding hydrogens is 323 g/mol. The fourth-order valence-electron chi connectivity index (χ4n) is 3.11. The van der Waals surface area contributed by atoms with E-state index in [9.17, 15) is 5.11 Å². The summed E-state index contributed by atoms with van der Waals surface area (Å²) in [6.07, 6.45) is 3.94. The fraction of sp³-hybridized carbons (Fsp3) is 0.625. The fourth-order valence-corrected chi connectivity index (χ4v) is 3.11. The molecule has 22 heavy (non-hydrogen) atoms. The van der Waals surface area contributed by atoms with Crippen LogP contribution in [-0.2, 0) is 0 Å². The van der Waals surface area contributed by atoms with Crippen LogP contribution in [0.2, 0.25) is 0 Å². The summed E-state index contributed by atoms with van der Waals surface area (Å²) in [5.74, 6) is 1.96. The van der Waals surface area contributed by atoms with E-state index in [0.29, 0.717) is 6.04 Å². The van der Waals surface area contributed by atoms with Crippen molar-refractivity contribution in [3.05, 3.63) is 23.8 Å². The van der Waals surface area contributed by atoms with Crippen LogP contribution in [0.1, 0.15) is 30.9 Å². The van der Waals surface area contributed by atoms with E-state index in [1.165, 1.54) is 24.8 Å². The lowest BCUT2D eigenvalue weighted by atomic mass is 9.97. The maximum atomic E-state index is 9.65. The van der Waals surface area contributed by atoms with Crippen LogP contribution in [0.4, 0.5) is 0 Å². The lowest BCUT2D eigenvalue weighted by Crippen LogP contribution is -2.45. The number of halogens is 2. The topological polar surface area (TPSA) is 44.7 Å². The number of nitrogens with zero attached hydrogens (tertiary/aromatic N) is 1. The number of phenolic OH excluding ortho intramolecular Hbond substituents is 1. The van der Waals surface area contributed by atoms with Gasteiger partial charge in [-0.25, -0.2) is 0 Å². The molecule has 0 aromatic heterocycles. The van der Waals surface area contributed by atoms with Crippen molar-refractivity contribution < 1.29 is 9.84 Å². The molecule has 1 aliphatic carbocycles. The van der Waals surface area contributed by atoms with Crippen LogP contribution in [-0.4, -0.2) is 43.3 Å². The molecule has 0 amide bonds. The van der Waals surface area contributed by atoms with Crippen molar-refractivity contribution >= 4 is 24.8 Å². The van der Waals surface area contributed by atoms with Gasteiger partial charge in [0.2, 0.25) is 0 Å². The number of piperazine rings is 1. The normalized spacial score (nSPS) is 19.7. The molecule has 1 heterocycles. The summed E-state index contributed by atoms with van der Waals surface area (Å²) < 4.78 is 5.50. The summed E-state index contributed by atoms with van der Waals surface area (Å²) in [4.78, 5) is 2.56. The summed E-state index contributed by atoms with van der Waals surface area (Å²) in [5.41, 5.74) is 1.22. The highest BCUT2D eigenvalue weighted by Crippen LogP contribution is 2.43. The Morgan fingerprint density at radius 2 is 1.95 bits per heavy atom. The number of aromatic hydroxyl groups is 1. The van der Waals surface area contributed by atoms with E-state index in [0.717, 1.165) is 37.8 Å². The molecule has 3 rings (SSSR count). The second kappa shape index (κ2) is 8.82. The van der Waals surface area contributed by atoms with E-state index >= 15 is 0 Å². The van der Waals surface area contributed by atoms with Gasteiger partial charge in [0, 0.05) is 43.9 Å². The third kappa shape index (κ3) is 4.66. The van der Waals surface area contributed by atoms with Crippen molar-refractivity contribution in [1.82, 2.24) is 10.2 Å². The Labute approximate surface area is 145 Å². The van der Waals surface area contributed by atoms with Gasteiger partial charge in [0.05, 0.1) is 7.11 Å². The zero-order valence-corrected chi connectivity index (χ0v) is 14.6. The average Bonchev–Trinajstić information content (AvgIpc) is 3.30. The second-order valence-electron chi connectivity index (χ2n) is 5.91. The highest BCUT2D eigenvalue weighted by molar-refractivity contribution is 5.85. The molecule has 2 N–H and O–H groups in total. The van der Waals surface area contributed by atoms with Gasteiger partial charge in [-0.1, -0.05) is 18.9 Å². The number of hydrogen-bond acceptors (Lipinski definition) is 4. The van der Waals surface area contributed by atoms with Crippen molar-refractivity contribution in [3.63, 3.8) is 0 Å². The highest BCUT2D eigenvalue weighted by Gasteiger charge is 2.31. The van der Waals surface area contributed by atoms with Crippen LogP contribution in [0.25, 0.3) is 0 Å². The van der Waals surface area contributed by atoms with Crippen LogP contribution in [0.3, 0.4) is 0 Å². The van der Waals surface area contributed by atoms with Crippen LogP contribution in [0.15, 0.2) is 18.2 Å². The number of methoxy groups -OCH3 is 1. The maximum Gasteiger partial charge on any atom is 0.127 e. The zero-order valence-electron chi connectivity index (χ0n) is 13.0. The molecule has 1 aromatic rings. The van der Waals surface area contributed by atoms with Crippen molar-refractivity contribution in [2.24, 2.45) is 5.92 Å². The van der Waals surface area contributed by atoms with Gasteiger partial charge in [-0.05, 0) is 18.4 Å². The predicted molar refractivity (Wildman–Crippen MR) is 93.7 cm³/mol. The standard InChI is InChI=1S/C16H24N2O2.2ClH/c1-20-16-11-13(19)4-5-14(16)15(10-12-2-3-12)18-8-6-17-7-9-18;;/h4-5,11-12,15,17,19H,2-3,6-10H2,1H3;2*1H/t15-;;/m0../s1. The van der Waals surface area contributed by atoms with Crippen LogP contribution >= 0.6 is 24.8 Å². The van der Waals surface area contributed by atoms with E-state index in [1.807, 2.05) is 6.07 Å². The Kier molecular flexibility index (Phi) is 7.77. The third-order valence-corrected chi connectivity index (χ3v) is 4.42. The molecule has 0 radical (unpaired) electrons. The number of ether oxygens (including phenoxy) is 1. The molecule has 6 heteroatoms. The minimum absolute atomic E-state index is 0. The molecule has 1 atom stereocenters. The minimum atomic E-state index is 0. The number of phenols is 1. The van der Waals surface area contributed by atoms with Crippen molar-refractivity contribution in [1.29, 1.82) is 0 Å². The summed E-state index contributed by atoms with van der Waals surface area (Å²) >= 11 is 0. The van der Waals surface area contributed by atoms with Crippen molar-refractivity contribution in [3.8, 4) is 11.5 Å². The molecule has 126 valence electrons. The SMILES string of the molecule is COc1cc(O)ccc1[C@H](CC1CC1)N1CCNCC1.Cl.Cl. The summed E-state index contributed by atoms with van der Waals surface area (Å²) in [7, 11) is 1.68. The van der Waals surface area contributed by atoms with Crippen LogP contribution in [0.5, 0.6) is 11.5 Å². The lowest BCUT2D eigenvalue weighted by molar-refractivity contribution is 0.157. The van der Waals surface area contributed by atoms with Crippen LogP contribution in [0, 0.1) is 5.92 Å². The highest BCUT2D eigenvalue weighted by atomic mass is 35.5. The monoisotopic (exact) mass is 348 g/mol. The first-order valence-electron chi connectivity index (χ1n) is 7.59. The third-order valence-electron chi connectivity index (χ3n) is 4.42. The molecule has 1 aromatic carbocycles. The molecule has 2 fully saturated rings. The van der Waals surface area contributed by atoms with Gasteiger partial charge in [0.15, 0.2) is 0 Å². The molecule has 0 unspecified atom stereocenters. The van der Waals surface area contributed by atoms with Crippen molar-refractivity contribution in [2.75, 3.05) is 33.3 Å². The molecule has 2 aliphatic rings. The van der Waals surface area contributed by atoms with E-state index < -0.39 is 0 Å². The van der Waals surface area contributed by atoms with E-state index in [1.54, 1.807) is 19.2 Å². The lowest BCUT2D eigenvalue weighted by Gasteiger charge is -2.36. The summed E-state index contributed by atoms with van der Waals surface area (Å²) in [6, 6.07) is 5.96. The van der Waals surface area contributed by atoms with Gasteiger partial charge in [-0.2, -0.15) is 0 Å². The van der Waals surface area contributed by atoms with Gasteiger partial charge in [-0.15, -0.1) is 24.8 Å². The molecule has 1 saturated carbocycles. The first kappa shape index (κ1) is 19.4. The van der Waals surface area contributed by atoms with Gasteiger partial charge in [0.25, 0.3) is 0 Å². The smallest absolute Gasteiger partial charge is 0.127 e. The van der Waals surface area contributed by atoms with Gasteiger partial charge >= 0.3 is 0 Å². The number of rotatable bonds is 5. The summed E-state index contributed by atoms with van der Waals surface area (Å²) in [5, 5.41) is 13.1. The summed E-state index contributed by atoms with van der Waals surface area (Å²) in [6.45, 7) is 4.28. The Morgan fingerprint density at radius 1 is 1.27 bits per heavy atom. The minimum Gasteiger partial charge on any atom is -0.508 e. The number of nitrogens with one attached hydrogen (secondary N) is 1. The Bertz CT molecular complexity index is 463. The van der Waals surface area contributed by atoms with E-state index in [2.05, 4.69) is 10.2 Å². The first-order chi connectivity index (χ1) is 9.78. The predicted octanol–water partition coefficient (Wildman–Crippen LogP) is 2.99. The molecular formula is C16H26Cl2N2O2. The number of benzene rings is 1. The van der Waals surface area contributed by atoms with Crippen molar-refractivity contribution in [2.45, 2.75) is 25.3 Å². The largest absolute Gasteiger partial charge is 0.508 e. The second-order valence-corrected chi connectivity index (χ2v) is 5.91.